The first kappa shape index (κ1) is 22.2. The minimum absolute atomic E-state index is 0.524. The van der Waals surface area contributed by atoms with Crippen molar-refractivity contribution in [3.63, 3.8) is 0 Å². The summed E-state index contributed by atoms with van der Waals surface area (Å²) in [6.45, 7) is 4.72. The van der Waals surface area contributed by atoms with Gasteiger partial charge in [-0.3, -0.25) is 4.90 Å². The van der Waals surface area contributed by atoms with Crippen molar-refractivity contribution in [1.29, 1.82) is 5.26 Å². The van der Waals surface area contributed by atoms with Crippen LogP contribution in [0.5, 0.6) is 5.75 Å². The van der Waals surface area contributed by atoms with Crippen LogP contribution in [0.25, 0.3) is 16.6 Å². The van der Waals surface area contributed by atoms with Crippen molar-refractivity contribution in [2.75, 3.05) is 44.4 Å². The van der Waals surface area contributed by atoms with E-state index in [-0.39, 0.29) is 0 Å². The summed E-state index contributed by atoms with van der Waals surface area (Å²) >= 11 is 1.66. The lowest BCUT2D eigenvalue weighted by Crippen LogP contribution is -2.46. The van der Waals surface area contributed by atoms with Crippen LogP contribution in [0.4, 0.5) is 5.82 Å². The Labute approximate surface area is 202 Å². The van der Waals surface area contributed by atoms with Crippen LogP contribution in [0.3, 0.4) is 0 Å². The summed E-state index contributed by atoms with van der Waals surface area (Å²) in [7, 11) is 1.62. The average Bonchev–Trinajstić information content (AvgIpc) is 3.32. The van der Waals surface area contributed by atoms with Crippen molar-refractivity contribution >= 4 is 23.1 Å². The van der Waals surface area contributed by atoms with E-state index < -0.39 is 0 Å². The van der Waals surface area contributed by atoms with Crippen LogP contribution < -0.4 is 9.64 Å². The van der Waals surface area contributed by atoms with Gasteiger partial charge >= 0.3 is 0 Å². The number of pyridine rings is 3. The number of thioether (sulfide) groups is 1. The zero-order valence-electron chi connectivity index (χ0n) is 19.2. The number of hydrogen-bond donors (Lipinski definition) is 0. The minimum Gasteiger partial charge on any atom is -0.495 e. The van der Waals surface area contributed by atoms with Crippen LogP contribution in [-0.4, -0.2) is 64.0 Å². The molecule has 0 bridgehead atoms. The molecule has 0 atom stereocenters. The van der Waals surface area contributed by atoms with Gasteiger partial charge in [0, 0.05) is 56.2 Å². The number of methoxy groups -OCH3 is 1. The van der Waals surface area contributed by atoms with Crippen LogP contribution in [0.2, 0.25) is 0 Å². The summed E-state index contributed by atoms with van der Waals surface area (Å²) in [4.78, 5) is 14.0. The Kier molecular flexibility index (Phi) is 6.34. The smallest absolute Gasteiger partial charge is 0.137 e. The minimum atomic E-state index is 0.524. The Balaban J connectivity index is 1.29. The second-order valence-corrected chi connectivity index (χ2v) is 8.96. The number of rotatable bonds is 6. The zero-order valence-corrected chi connectivity index (χ0v) is 20.0. The first-order valence-corrected chi connectivity index (χ1v) is 12.3. The molecule has 0 saturated carbocycles. The molecule has 0 unspecified atom stereocenters. The third-order valence-electron chi connectivity index (χ3n) is 6.11. The van der Waals surface area contributed by atoms with Crippen molar-refractivity contribution in [3.05, 3.63) is 66.2 Å². The summed E-state index contributed by atoms with van der Waals surface area (Å²) in [6.07, 6.45) is 9.23. The van der Waals surface area contributed by atoms with Crippen LogP contribution in [0, 0.1) is 11.3 Å². The molecule has 34 heavy (non-hydrogen) atoms. The van der Waals surface area contributed by atoms with Gasteiger partial charge < -0.3 is 9.64 Å². The monoisotopic (exact) mass is 471 g/mol. The molecule has 0 amide bonds. The predicted octanol–water partition coefficient (Wildman–Crippen LogP) is 3.72. The van der Waals surface area contributed by atoms with E-state index in [0.29, 0.717) is 11.3 Å². The molecular formula is C25H25N7OS. The number of nitrogens with zero attached hydrogens (tertiary/aromatic N) is 7. The Bertz CT molecular complexity index is 1320. The summed E-state index contributed by atoms with van der Waals surface area (Å²) in [5, 5.41) is 14.9. The van der Waals surface area contributed by atoms with E-state index >= 15 is 0 Å². The number of fused-ring (bicyclic) bond motifs is 1. The predicted molar refractivity (Wildman–Crippen MR) is 133 cm³/mol. The maximum absolute atomic E-state index is 9.51. The zero-order chi connectivity index (χ0) is 23.5. The maximum Gasteiger partial charge on any atom is 0.137 e. The maximum atomic E-state index is 9.51. The number of piperazine rings is 1. The number of anilines is 1. The molecule has 0 N–H and O–H groups in total. The number of aromatic nitrogens is 4. The molecule has 0 radical (unpaired) electrons. The molecule has 1 aliphatic rings. The number of ether oxygens (including phenoxy) is 1. The van der Waals surface area contributed by atoms with E-state index in [1.54, 1.807) is 35.8 Å². The molecular weight excluding hydrogens is 446 g/mol. The highest BCUT2D eigenvalue weighted by Crippen LogP contribution is 2.31. The SMILES string of the molecule is COc1cc(-c2ccc(N3CCN(Cc4ccc(SC)nc4)CC3)nc2)c2c(C#N)cnn2c1. The highest BCUT2D eigenvalue weighted by Gasteiger charge is 2.19. The van der Waals surface area contributed by atoms with Gasteiger partial charge in [-0.05, 0) is 36.1 Å². The fourth-order valence-corrected chi connectivity index (χ4v) is 4.62. The second-order valence-electron chi connectivity index (χ2n) is 8.13. The normalized spacial score (nSPS) is 14.3. The average molecular weight is 472 g/mol. The summed E-state index contributed by atoms with van der Waals surface area (Å²) in [5.74, 6) is 1.64. The van der Waals surface area contributed by atoms with Gasteiger partial charge in [-0.1, -0.05) is 6.07 Å². The van der Waals surface area contributed by atoms with Gasteiger partial charge in [-0.25, -0.2) is 14.5 Å². The molecule has 1 aliphatic heterocycles. The lowest BCUT2D eigenvalue weighted by Gasteiger charge is -2.35. The lowest BCUT2D eigenvalue weighted by atomic mass is 10.1. The second kappa shape index (κ2) is 9.71. The van der Waals surface area contributed by atoms with Gasteiger partial charge in [0.2, 0.25) is 0 Å². The van der Waals surface area contributed by atoms with E-state index in [2.05, 4.69) is 50.2 Å². The Hall–Kier alpha value is -3.61. The van der Waals surface area contributed by atoms with E-state index in [9.17, 15) is 5.26 Å². The standard InChI is InChI=1S/C25H25N7OS/c1-33-21-11-22(25-20(12-26)15-29-32(25)17-21)19-4-5-23(27-14-19)31-9-7-30(8-10-31)16-18-3-6-24(34-2)28-13-18/h3-6,11,13-15,17H,7-10,16H2,1-2H3. The lowest BCUT2D eigenvalue weighted by molar-refractivity contribution is 0.249. The molecule has 0 aromatic carbocycles. The van der Waals surface area contributed by atoms with Crippen molar-refractivity contribution in [2.24, 2.45) is 0 Å². The molecule has 0 aliphatic carbocycles. The third kappa shape index (κ3) is 4.42. The summed E-state index contributed by atoms with van der Waals surface area (Å²) < 4.78 is 7.11. The van der Waals surface area contributed by atoms with E-state index in [0.717, 1.165) is 60.2 Å². The highest BCUT2D eigenvalue weighted by molar-refractivity contribution is 7.98. The molecule has 172 valence electrons. The first-order valence-electron chi connectivity index (χ1n) is 11.1. The molecule has 0 spiro atoms. The molecule has 5 rings (SSSR count). The quantitative estimate of drug-likeness (QED) is 0.394. The van der Waals surface area contributed by atoms with Crippen molar-refractivity contribution < 1.29 is 4.74 Å². The van der Waals surface area contributed by atoms with E-state index in [1.807, 2.05) is 24.7 Å². The Morgan fingerprint density at radius 2 is 1.91 bits per heavy atom. The molecule has 1 fully saturated rings. The van der Waals surface area contributed by atoms with Gasteiger partial charge in [0.15, 0.2) is 0 Å². The number of hydrogen-bond acceptors (Lipinski definition) is 8. The fourth-order valence-electron chi connectivity index (χ4n) is 4.26. The van der Waals surface area contributed by atoms with Gasteiger partial charge in [0.25, 0.3) is 0 Å². The van der Waals surface area contributed by atoms with Gasteiger partial charge in [0.1, 0.15) is 17.6 Å². The van der Waals surface area contributed by atoms with E-state index in [4.69, 9.17) is 9.72 Å². The molecule has 8 nitrogen and oxygen atoms in total. The molecule has 4 aromatic heterocycles. The van der Waals surface area contributed by atoms with Crippen molar-refractivity contribution in [3.8, 4) is 22.9 Å². The Morgan fingerprint density at radius 1 is 1.06 bits per heavy atom. The van der Waals surface area contributed by atoms with Crippen LogP contribution >= 0.6 is 11.8 Å². The van der Waals surface area contributed by atoms with Gasteiger partial charge in [0.05, 0.1) is 35.6 Å². The van der Waals surface area contributed by atoms with Crippen molar-refractivity contribution in [1.82, 2.24) is 24.5 Å². The molecule has 5 heterocycles. The first-order chi connectivity index (χ1) is 16.7. The van der Waals surface area contributed by atoms with Crippen molar-refractivity contribution in [2.45, 2.75) is 11.6 Å². The molecule has 1 saturated heterocycles. The van der Waals surface area contributed by atoms with Crippen LogP contribution in [0.15, 0.2) is 60.1 Å². The topological polar surface area (TPSA) is 82.6 Å². The molecule has 4 aromatic rings. The fraction of sp³-hybridized carbons (Fsp3) is 0.280. The number of nitriles is 1. The summed E-state index contributed by atoms with van der Waals surface area (Å²) in [5.41, 5.74) is 4.32. The largest absolute Gasteiger partial charge is 0.495 e. The Morgan fingerprint density at radius 3 is 2.56 bits per heavy atom. The van der Waals surface area contributed by atoms with Gasteiger partial charge in [-0.15, -0.1) is 11.8 Å². The molecule has 9 heteroatoms. The third-order valence-corrected chi connectivity index (χ3v) is 6.77. The van der Waals surface area contributed by atoms with E-state index in [1.165, 1.54) is 5.56 Å². The van der Waals surface area contributed by atoms with Crippen LogP contribution in [-0.2, 0) is 6.54 Å². The van der Waals surface area contributed by atoms with Gasteiger partial charge in [-0.2, -0.15) is 10.4 Å². The highest BCUT2D eigenvalue weighted by atomic mass is 32.2. The summed E-state index contributed by atoms with van der Waals surface area (Å²) in [6, 6.07) is 12.5. The van der Waals surface area contributed by atoms with Crippen LogP contribution in [0.1, 0.15) is 11.1 Å².